The molecule has 184 valence electrons. The van der Waals surface area contributed by atoms with E-state index in [9.17, 15) is 18.0 Å². The van der Waals surface area contributed by atoms with Crippen LogP contribution >= 0.6 is 11.8 Å². The van der Waals surface area contributed by atoms with Crippen LogP contribution in [0.25, 0.3) is 17.1 Å². The van der Waals surface area contributed by atoms with Gasteiger partial charge < -0.3 is 4.74 Å². The van der Waals surface area contributed by atoms with E-state index in [1.807, 2.05) is 47.0 Å². The van der Waals surface area contributed by atoms with Crippen molar-refractivity contribution in [1.29, 1.82) is 0 Å². The van der Waals surface area contributed by atoms with Gasteiger partial charge in [-0.2, -0.15) is 18.3 Å². The van der Waals surface area contributed by atoms with Crippen LogP contribution in [0.1, 0.15) is 11.1 Å². The average molecular weight is 512 g/mol. The molecule has 1 aromatic heterocycles. The van der Waals surface area contributed by atoms with Crippen molar-refractivity contribution < 1.29 is 22.7 Å². The molecule has 1 amide bonds. The number of hydrogen-bond donors (Lipinski definition) is 1. The van der Waals surface area contributed by atoms with Crippen LogP contribution in [0, 0.1) is 0 Å². The molecule has 0 saturated carbocycles. The predicted molar refractivity (Wildman–Crippen MR) is 131 cm³/mol. The van der Waals surface area contributed by atoms with Gasteiger partial charge in [0, 0.05) is 16.8 Å². The summed E-state index contributed by atoms with van der Waals surface area (Å²) in [5.74, 6) is 0.685. The minimum atomic E-state index is -4.52. The second-order valence-corrected chi connectivity index (χ2v) is 8.32. The minimum absolute atomic E-state index is 0.0820. The van der Waals surface area contributed by atoms with E-state index < -0.39 is 17.6 Å². The molecule has 36 heavy (non-hydrogen) atoms. The fraction of sp³-hybridized carbons (Fsp3) is 0.120. The van der Waals surface area contributed by atoms with Gasteiger partial charge in [-0.25, -0.2) is 5.43 Å². The Morgan fingerprint density at radius 3 is 2.42 bits per heavy atom. The van der Waals surface area contributed by atoms with Crippen LogP contribution in [0.4, 0.5) is 13.2 Å². The second kappa shape index (κ2) is 11.1. The summed E-state index contributed by atoms with van der Waals surface area (Å²) < 4.78 is 46.4. The molecule has 3 aromatic carbocycles. The summed E-state index contributed by atoms with van der Waals surface area (Å²) >= 11 is 1.12. The van der Waals surface area contributed by atoms with Gasteiger partial charge in [-0.05, 0) is 30.3 Å². The number of nitrogens with one attached hydrogen (secondary N) is 1. The molecule has 1 N–H and O–H groups in total. The molecule has 0 aliphatic rings. The number of rotatable bonds is 8. The monoisotopic (exact) mass is 511 g/mol. The normalized spacial score (nSPS) is 11.6. The molecule has 1 heterocycles. The number of methoxy groups -OCH3 is 1. The average Bonchev–Trinajstić information content (AvgIpc) is 3.32. The van der Waals surface area contributed by atoms with Crippen molar-refractivity contribution in [3.05, 3.63) is 90.0 Å². The smallest absolute Gasteiger partial charge is 0.417 e. The number of benzene rings is 3. The summed E-state index contributed by atoms with van der Waals surface area (Å²) in [6.07, 6.45) is -3.55. The zero-order chi connectivity index (χ0) is 25.5. The standard InChI is InChI=1S/C25H20F3N5O2S/c1-35-20-13-11-19(12-14-20)33-23(17-7-3-2-4-8-17)31-32-24(33)36-16-22(34)30-29-15-18-9-5-6-10-21(18)25(26,27)28/h2-15H,16H2,1H3,(H,30,34)/b29-15+. The van der Waals surface area contributed by atoms with Crippen LogP contribution in [0.5, 0.6) is 5.75 Å². The van der Waals surface area contributed by atoms with Crippen LogP contribution in [0.3, 0.4) is 0 Å². The van der Waals surface area contributed by atoms with Crippen LogP contribution in [-0.2, 0) is 11.0 Å². The molecule has 0 bridgehead atoms. The molecule has 11 heteroatoms. The summed E-state index contributed by atoms with van der Waals surface area (Å²) in [7, 11) is 1.58. The summed E-state index contributed by atoms with van der Waals surface area (Å²) in [6.45, 7) is 0. The van der Waals surface area contributed by atoms with Gasteiger partial charge in [-0.3, -0.25) is 9.36 Å². The van der Waals surface area contributed by atoms with Gasteiger partial charge in [0.1, 0.15) is 5.75 Å². The van der Waals surface area contributed by atoms with Gasteiger partial charge in [0.05, 0.1) is 24.6 Å². The summed E-state index contributed by atoms with van der Waals surface area (Å²) in [6, 6.07) is 21.8. The number of thioether (sulfide) groups is 1. The number of carbonyl (C=O) groups is 1. The highest BCUT2D eigenvalue weighted by molar-refractivity contribution is 7.99. The zero-order valence-corrected chi connectivity index (χ0v) is 19.8. The third-order valence-electron chi connectivity index (χ3n) is 4.99. The van der Waals surface area contributed by atoms with E-state index in [0.717, 1.165) is 35.3 Å². The predicted octanol–water partition coefficient (Wildman–Crippen LogP) is 5.20. The Morgan fingerprint density at radius 2 is 1.72 bits per heavy atom. The Balaban J connectivity index is 1.50. The molecule has 0 fully saturated rings. The first-order chi connectivity index (χ1) is 17.4. The largest absolute Gasteiger partial charge is 0.497 e. The van der Waals surface area contributed by atoms with Crippen molar-refractivity contribution in [3.8, 4) is 22.8 Å². The first-order valence-corrected chi connectivity index (χ1v) is 11.6. The van der Waals surface area contributed by atoms with E-state index in [4.69, 9.17) is 4.74 Å². The molecule has 0 spiro atoms. The number of halogens is 3. The fourth-order valence-corrected chi connectivity index (χ4v) is 4.05. The Labute approximate surface area is 209 Å². The highest BCUT2D eigenvalue weighted by Gasteiger charge is 2.32. The third-order valence-corrected chi connectivity index (χ3v) is 5.92. The summed E-state index contributed by atoms with van der Waals surface area (Å²) in [4.78, 5) is 12.4. The van der Waals surface area contributed by atoms with E-state index in [1.165, 1.54) is 18.2 Å². The highest BCUT2D eigenvalue weighted by atomic mass is 32.2. The maximum absolute atomic E-state index is 13.1. The van der Waals surface area contributed by atoms with E-state index in [-0.39, 0.29) is 11.3 Å². The van der Waals surface area contributed by atoms with Gasteiger partial charge in [0.2, 0.25) is 0 Å². The topological polar surface area (TPSA) is 81.4 Å². The quantitative estimate of drug-likeness (QED) is 0.200. The van der Waals surface area contributed by atoms with Crippen LogP contribution in [0.2, 0.25) is 0 Å². The number of aromatic nitrogens is 3. The van der Waals surface area contributed by atoms with Crippen LogP contribution < -0.4 is 10.2 Å². The number of amides is 1. The van der Waals surface area contributed by atoms with E-state index in [1.54, 1.807) is 19.2 Å². The lowest BCUT2D eigenvalue weighted by Crippen LogP contribution is -2.20. The number of ether oxygens (including phenoxy) is 1. The molecule has 0 atom stereocenters. The SMILES string of the molecule is COc1ccc(-n2c(SCC(=O)N/N=C/c3ccccc3C(F)(F)F)nnc2-c2ccccc2)cc1. The van der Waals surface area contributed by atoms with Crippen molar-refractivity contribution in [2.75, 3.05) is 12.9 Å². The van der Waals surface area contributed by atoms with Crippen molar-refractivity contribution >= 4 is 23.9 Å². The fourth-order valence-electron chi connectivity index (χ4n) is 3.31. The highest BCUT2D eigenvalue weighted by Crippen LogP contribution is 2.31. The summed E-state index contributed by atoms with van der Waals surface area (Å²) in [5, 5.41) is 12.7. The van der Waals surface area contributed by atoms with Crippen molar-refractivity contribution in [2.24, 2.45) is 5.10 Å². The Kier molecular flexibility index (Phi) is 7.69. The first-order valence-electron chi connectivity index (χ1n) is 10.6. The molecule has 4 aromatic rings. The Morgan fingerprint density at radius 1 is 1.03 bits per heavy atom. The molecule has 7 nitrogen and oxygen atoms in total. The van der Waals surface area contributed by atoms with E-state index in [2.05, 4.69) is 20.7 Å². The van der Waals surface area contributed by atoms with Gasteiger partial charge in [0.25, 0.3) is 5.91 Å². The van der Waals surface area contributed by atoms with Crippen molar-refractivity contribution in [3.63, 3.8) is 0 Å². The molecule has 0 saturated heterocycles. The number of hydrazone groups is 1. The zero-order valence-electron chi connectivity index (χ0n) is 18.9. The second-order valence-electron chi connectivity index (χ2n) is 7.37. The third kappa shape index (κ3) is 5.92. The lowest BCUT2D eigenvalue weighted by atomic mass is 10.1. The number of alkyl halides is 3. The number of nitrogens with zero attached hydrogens (tertiary/aromatic N) is 4. The lowest BCUT2D eigenvalue weighted by molar-refractivity contribution is -0.137. The number of hydrogen-bond acceptors (Lipinski definition) is 6. The molecule has 0 aliphatic heterocycles. The first kappa shape index (κ1) is 25.0. The van der Waals surface area contributed by atoms with Crippen LogP contribution in [0.15, 0.2) is 89.1 Å². The van der Waals surface area contributed by atoms with E-state index >= 15 is 0 Å². The number of carbonyl (C=O) groups excluding carboxylic acids is 1. The maximum Gasteiger partial charge on any atom is 0.417 e. The molecular weight excluding hydrogens is 491 g/mol. The molecule has 4 rings (SSSR count). The molecule has 0 radical (unpaired) electrons. The molecule has 0 unspecified atom stereocenters. The maximum atomic E-state index is 13.1. The lowest BCUT2D eigenvalue weighted by Gasteiger charge is -2.11. The molecular formula is C25H20F3N5O2S. The van der Waals surface area contributed by atoms with Crippen LogP contribution in [-0.4, -0.2) is 39.7 Å². The molecule has 0 aliphatic carbocycles. The van der Waals surface area contributed by atoms with Gasteiger partial charge in [0.15, 0.2) is 11.0 Å². The van der Waals surface area contributed by atoms with Gasteiger partial charge in [-0.15, -0.1) is 10.2 Å². The minimum Gasteiger partial charge on any atom is -0.497 e. The Bertz CT molecular complexity index is 1360. The van der Waals surface area contributed by atoms with Crippen molar-refractivity contribution in [1.82, 2.24) is 20.2 Å². The van der Waals surface area contributed by atoms with E-state index in [0.29, 0.717) is 16.7 Å². The Hall–Kier alpha value is -4.12. The van der Waals surface area contributed by atoms with Gasteiger partial charge in [-0.1, -0.05) is 60.3 Å². The van der Waals surface area contributed by atoms with Gasteiger partial charge >= 0.3 is 6.18 Å². The summed E-state index contributed by atoms with van der Waals surface area (Å²) in [5.41, 5.74) is 2.88. The van der Waals surface area contributed by atoms with Crippen molar-refractivity contribution in [2.45, 2.75) is 11.3 Å².